The van der Waals surface area contributed by atoms with Crippen molar-refractivity contribution in [2.45, 2.75) is 12.3 Å². The van der Waals surface area contributed by atoms with Gasteiger partial charge in [0.15, 0.2) is 0 Å². The summed E-state index contributed by atoms with van der Waals surface area (Å²) in [5.41, 5.74) is 3.14. The second kappa shape index (κ2) is 8.41. The topological polar surface area (TPSA) is 49.9 Å². The average Bonchev–Trinajstić information content (AvgIpc) is 2.82. The molecular weight excluding hydrogens is 376 g/mol. The van der Waals surface area contributed by atoms with Crippen LogP contribution in [0.25, 0.3) is 0 Å². The molecule has 5 nitrogen and oxygen atoms in total. The molecule has 0 fully saturated rings. The Bertz CT molecular complexity index is 1050. The lowest BCUT2D eigenvalue weighted by molar-refractivity contribution is -0.119. The van der Waals surface area contributed by atoms with Crippen molar-refractivity contribution in [2.24, 2.45) is 0 Å². The van der Waals surface area contributed by atoms with Crippen LogP contribution in [0.15, 0.2) is 78.9 Å². The second-order valence-corrected chi connectivity index (χ2v) is 7.32. The first kappa shape index (κ1) is 19.7. The molecule has 0 bridgehead atoms. The van der Waals surface area contributed by atoms with Crippen LogP contribution in [0.5, 0.6) is 5.75 Å². The molecule has 152 valence electrons. The van der Waals surface area contributed by atoms with E-state index in [0.29, 0.717) is 24.3 Å². The summed E-state index contributed by atoms with van der Waals surface area (Å²) < 4.78 is 5.18. The molecule has 0 saturated carbocycles. The number of ether oxygens (including phenoxy) is 1. The fraction of sp³-hybridized carbons (Fsp3) is 0.200. The molecular formula is C25H24N2O3. The zero-order chi connectivity index (χ0) is 21.1. The molecule has 1 aliphatic heterocycles. The van der Waals surface area contributed by atoms with Crippen LogP contribution in [0, 0.1) is 0 Å². The lowest BCUT2D eigenvalue weighted by atomic mass is 9.88. The summed E-state index contributed by atoms with van der Waals surface area (Å²) in [6.07, 6.45) is 0.578. The minimum absolute atomic E-state index is 0.0326. The molecule has 30 heavy (non-hydrogen) atoms. The summed E-state index contributed by atoms with van der Waals surface area (Å²) in [4.78, 5) is 29.9. The third kappa shape index (κ3) is 3.66. The third-order valence-electron chi connectivity index (χ3n) is 5.60. The van der Waals surface area contributed by atoms with Gasteiger partial charge in [-0.2, -0.15) is 0 Å². The molecule has 5 heteroatoms. The second-order valence-electron chi connectivity index (χ2n) is 7.32. The summed E-state index contributed by atoms with van der Waals surface area (Å²) in [5.74, 6) is 0.379. The predicted molar refractivity (Wildman–Crippen MR) is 118 cm³/mol. The highest BCUT2D eigenvalue weighted by atomic mass is 16.5. The number of anilines is 2. The maximum Gasteiger partial charge on any atom is 0.258 e. The number of hydrogen-bond acceptors (Lipinski definition) is 3. The Hall–Kier alpha value is -3.60. The standard InChI is InChI=1S/C25H24N2O3/c1-26(19-8-4-3-5-9-19)25(29)22-16-17-27(23-11-7-6-10-21(22)23)24(28)18-12-14-20(30-2)15-13-18/h3-15,22H,16-17H2,1-2H3/t22-/m0/s1. The predicted octanol–water partition coefficient (Wildman–Crippen LogP) is 4.49. The number of fused-ring (bicyclic) bond motifs is 1. The van der Waals surface area contributed by atoms with E-state index in [4.69, 9.17) is 4.74 Å². The summed E-state index contributed by atoms with van der Waals surface area (Å²) in [7, 11) is 3.40. The van der Waals surface area contributed by atoms with E-state index in [9.17, 15) is 9.59 Å². The van der Waals surface area contributed by atoms with Crippen LogP contribution < -0.4 is 14.5 Å². The number of likely N-dealkylation sites (N-methyl/N-ethyl adjacent to an activating group) is 1. The van der Waals surface area contributed by atoms with Gasteiger partial charge in [0.2, 0.25) is 5.91 Å². The van der Waals surface area contributed by atoms with Gasteiger partial charge < -0.3 is 14.5 Å². The van der Waals surface area contributed by atoms with Crippen LogP contribution in [0.4, 0.5) is 11.4 Å². The molecule has 0 saturated heterocycles. The highest BCUT2D eigenvalue weighted by Crippen LogP contribution is 2.37. The van der Waals surface area contributed by atoms with Crippen molar-refractivity contribution in [3.05, 3.63) is 90.0 Å². The molecule has 2 amide bonds. The number of carbonyl (C=O) groups excluding carboxylic acids is 2. The lowest BCUT2D eigenvalue weighted by Crippen LogP contribution is -2.41. The molecule has 0 N–H and O–H groups in total. The van der Waals surface area contributed by atoms with E-state index in [1.165, 1.54) is 0 Å². The first-order valence-electron chi connectivity index (χ1n) is 9.97. The van der Waals surface area contributed by atoms with Crippen LogP contribution in [0.3, 0.4) is 0 Å². The van der Waals surface area contributed by atoms with E-state index in [2.05, 4.69) is 0 Å². The minimum atomic E-state index is -0.286. The molecule has 3 aromatic carbocycles. The van der Waals surface area contributed by atoms with E-state index in [1.807, 2.05) is 54.6 Å². The number of methoxy groups -OCH3 is 1. The van der Waals surface area contributed by atoms with E-state index < -0.39 is 0 Å². The maximum absolute atomic E-state index is 13.3. The van der Waals surface area contributed by atoms with Gasteiger partial charge in [0.05, 0.1) is 13.0 Å². The zero-order valence-electron chi connectivity index (χ0n) is 17.1. The Balaban J connectivity index is 1.62. The largest absolute Gasteiger partial charge is 0.497 e. The number of benzene rings is 3. The van der Waals surface area contributed by atoms with Crippen molar-refractivity contribution in [2.75, 3.05) is 30.5 Å². The van der Waals surface area contributed by atoms with Gasteiger partial charge in [0, 0.05) is 30.5 Å². The molecule has 1 aliphatic rings. The Kier molecular flexibility index (Phi) is 5.53. The van der Waals surface area contributed by atoms with E-state index in [0.717, 1.165) is 16.9 Å². The summed E-state index contributed by atoms with van der Waals surface area (Å²) in [5, 5.41) is 0. The molecule has 0 unspecified atom stereocenters. The number of carbonyl (C=O) groups is 2. The van der Waals surface area contributed by atoms with E-state index in [-0.39, 0.29) is 17.7 Å². The molecule has 0 aromatic heterocycles. The normalized spacial score (nSPS) is 15.3. The van der Waals surface area contributed by atoms with Gasteiger partial charge in [-0.05, 0) is 54.4 Å². The highest BCUT2D eigenvalue weighted by Gasteiger charge is 2.34. The first-order valence-corrected chi connectivity index (χ1v) is 9.97. The summed E-state index contributed by atoms with van der Waals surface area (Å²) in [6.45, 7) is 0.487. The van der Waals surface area contributed by atoms with E-state index in [1.54, 1.807) is 48.2 Å². The van der Waals surface area contributed by atoms with Crippen molar-refractivity contribution >= 4 is 23.2 Å². The number of rotatable bonds is 4. The van der Waals surface area contributed by atoms with Crippen molar-refractivity contribution < 1.29 is 14.3 Å². The van der Waals surface area contributed by atoms with Crippen LogP contribution in [-0.2, 0) is 4.79 Å². The Morgan fingerprint density at radius 1 is 0.933 bits per heavy atom. The zero-order valence-corrected chi connectivity index (χ0v) is 17.1. The molecule has 0 aliphatic carbocycles. The Labute approximate surface area is 176 Å². The van der Waals surface area contributed by atoms with Crippen molar-refractivity contribution in [3.8, 4) is 5.75 Å². The first-order chi connectivity index (χ1) is 14.6. The monoisotopic (exact) mass is 400 g/mol. The molecule has 4 rings (SSSR count). The maximum atomic E-state index is 13.3. The van der Waals surface area contributed by atoms with Crippen molar-refractivity contribution in [3.63, 3.8) is 0 Å². The highest BCUT2D eigenvalue weighted by molar-refractivity contribution is 6.08. The number of para-hydroxylation sites is 2. The fourth-order valence-electron chi connectivity index (χ4n) is 3.93. The van der Waals surface area contributed by atoms with Gasteiger partial charge in [-0.25, -0.2) is 0 Å². The fourth-order valence-corrected chi connectivity index (χ4v) is 3.93. The Morgan fingerprint density at radius 2 is 1.60 bits per heavy atom. The van der Waals surface area contributed by atoms with Crippen LogP contribution >= 0.6 is 0 Å². The third-order valence-corrected chi connectivity index (χ3v) is 5.60. The summed E-state index contributed by atoms with van der Waals surface area (Å²) >= 11 is 0. The van der Waals surface area contributed by atoms with Gasteiger partial charge in [-0.15, -0.1) is 0 Å². The van der Waals surface area contributed by atoms with Crippen molar-refractivity contribution in [1.29, 1.82) is 0 Å². The SMILES string of the molecule is COc1ccc(C(=O)N2CC[C@H](C(=O)N(C)c3ccccc3)c3ccccc32)cc1. The minimum Gasteiger partial charge on any atom is -0.497 e. The quantitative estimate of drug-likeness (QED) is 0.648. The van der Waals surface area contributed by atoms with E-state index >= 15 is 0 Å². The van der Waals surface area contributed by atoms with Gasteiger partial charge >= 0.3 is 0 Å². The summed E-state index contributed by atoms with van der Waals surface area (Å²) in [6, 6.07) is 24.4. The van der Waals surface area contributed by atoms with Crippen LogP contribution in [-0.4, -0.2) is 32.5 Å². The van der Waals surface area contributed by atoms with Crippen LogP contribution in [0.2, 0.25) is 0 Å². The molecule has 0 radical (unpaired) electrons. The average molecular weight is 400 g/mol. The smallest absolute Gasteiger partial charge is 0.258 e. The van der Waals surface area contributed by atoms with Crippen LogP contribution in [0.1, 0.15) is 28.3 Å². The molecule has 0 spiro atoms. The molecule has 1 atom stereocenters. The number of hydrogen-bond donors (Lipinski definition) is 0. The van der Waals surface area contributed by atoms with Gasteiger partial charge in [0.25, 0.3) is 5.91 Å². The van der Waals surface area contributed by atoms with Gasteiger partial charge in [0.1, 0.15) is 5.75 Å². The Morgan fingerprint density at radius 3 is 2.30 bits per heavy atom. The van der Waals surface area contributed by atoms with Crippen molar-refractivity contribution in [1.82, 2.24) is 0 Å². The van der Waals surface area contributed by atoms with Gasteiger partial charge in [-0.3, -0.25) is 9.59 Å². The lowest BCUT2D eigenvalue weighted by Gasteiger charge is -2.35. The molecule has 3 aromatic rings. The number of amides is 2. The molecule has 1 heterocycles. The number of nitrogens with zero attached hydrogens (tertiary/aromatic N) is 2. The van der Waals surface area contributed by atoms with Gasteiger partial charge in [-0.1, -0.05) is 36.4 Å².